The van der Waals surface area contributed by atoms with Crippen LogP contribution in [0.2, 0.25) is 0 Å². The van der Waals surface area contributed by atoms with Gasteiger partial charge in [-0.15, -0.1) is 0 Å². The number of aromatic nitrogens is 2. The highest BCUT2D eigenvalue weighted by atomic mass is 14.9. The Morgan fingerprint density at radius 3 is 1.57 bits per heavy atom. The number of rotatable bonds is 6. The summed E-state index contributed by atoms with van der Waals surface area (Å²) in [5, 5.41) is 2.35. The fraction of sp³-hybridized carbons (Fsp3) is 0.0385. The fourth-order valence-corrected chi connectivity index (χ4v) is 8.43. The van der Waals surface area contributed by atoms with Gasteiger partial charge in [-0.2, -0.15) is 0 Å². The third-order valence-electron chi connectivity index (χ3n) is 11.2. The largest absolute Gasteiger partial charge is 0.228 e. The first kappa shape index (κ1) is 31.8. The van der Waals surface area contributed by atoms with E-state index in [1.165, 1.54) is 55.5 Å². The van der Waals surface area contributed by atoms with E-state index in [1.54, 1.807) is 0 Å². The Kier molecular flexibility index (Phi) is 7.63. The fourth-order valence-electron chi connectivity index (χ4n) is 8.43. The third-order valence-corrected chi connectivity index (χ3v) is 11.2. The molecule has 1 heterocycles. The van der Waals surface area contributed by atoms with Crippen molar-refractivity contribution < 1.29 is 0 Å². The van der Waals surface area contributed by atoms with E-state index in [9.17, 15) is 0 Å². The summed E-state index contributed by atoms with van der Waals surface area (Å²) in [4.78, 5) is 10.4. The van der Waals surface area contributed by atoms with Gasteiger partial charge in [-0.1, -0.05) is 188 Å². The molecule has 1 aliphatic rings. The predicted octanol–water partition coefficient (Wildman–Crippen LogP) is 13.3. The number of fused-ring (bicyclic) bond motifs is 4. The Hall–Kier alpha value is -6.90. The van der Waals surface area contributed by atoms with Gasteiger partial charge in [0.05, 0.1) is 11.4 Å². The van der Waals surface area contributed by atoms with Gasteiger partial charge >= 0.3 is 0 Å². The van der Waals surface area contributed by atoms with E-state index in [1.807, 2.05) is 12.1 Å². The van der Waals surface area contributed by atoms with Gasteiger partial charge < -0.3 is 0 Å². The lowest BCUT2D eigenvalue weighted by Crippen LogP contribution is -2.22. The van der Waals surface area contributed by atoms with Crippen molar-refractivity contribution in [3.63, 3.8) is 0 Å². The summed E-state index contributed by atoms with van der Waals surface area (Å²) >= 11 is 0. The summed E-state index contributed by atoms with van der Waals surface area (Å²) in [6.45, 7) is 2.38. The zero-order chi connectivity index (χ0) is 36.1. The van der Waals surface area contributed by atoms with E-state index in [2.05, 4.69) is 195 Å². The third kappa shape index (κ3) is 5.26. The first-order chi connectivity index (χ1) is 26.6. The first-order valence-corrected chi connectivity index (χ1v) is 18.6. The maximum absolute atomic E-state index is 5.27. The SMILES string of the molecule is CC1(c2ccccc2)c2ccccc2-c2ccc(-c3ccc(-c4cc(-c5ccccc5)nc(-c5ccc(-c6ccccc6)cc5)n4)c4ccccc34)cc21. The smallest absolute Gasteiger partial charge is 0.160 e. The molecule has 2 nitrogen and oxygen atoms in total. The van der Waals surface area contributed by atoms with Crippen LogP contribution in [0.1, 0.15) is 23.6 Å². The lowest BCUT2D eigenvalue weighted by Gasteiger charge is -2.28. The molecule has 0 radical (unpaired) electrons. The highest BCUT2D eigenvalue weighted by Gasteiger charge is 2.40. The van der Waals surface area contributed by atoms with Crippen molar-refractivity contribution in [1.82, 2.24) is 9.97 Å². The van der Waals surface area contributed by atoms with Gasteiger partial charge in [0.15, 0.2) is 5.82 Å². The predicted molar refractivity (Wildman–Crippen MR) is 224 cm³/mol. The molecule has 1 aromatic heterocycles. The van der Waals surface area contributed by atoms with E-state index in [0.29, 0.717) is 5.82 Å². The highest BCUT2D eigenvalue weighted by Crippen LogP contribution is 2.53. The summed E-state index contributed by atoms with van der Waals surface area (Å²) in [7, 11) is 0. The van der Waals surface area contributed by atoms with E-state index in [4.69, 9.17) is 9.97 Å². The summed E-state index contributed by atoms with van der Waals surface area (Å²) in [5.41, 5.74) is 16.0. The lowest BCUT2D eigenvalue weighted by atomic mass is 9.74. The van der Waals surface area contributed by atoms with Gasteiger partial charge in [0.2, 0.25) is 0 Å². The van der Waals surface area contributed by atoms with Crippen molar-refractivity contribution in [2.75, 3.05) is 0 Å². The van der Waals surface area contributed by atoms with E-state index in [-0.39, 0.29) is 5.41 Å². The molecule has 0 amide bonds. The van der Waals surface area contributed by atoms with Crippen LogP contribution in [0.3, 0.4) is 0 Å². The normalized spacial score (nSPS) is 14.5. The average molecular weight is 689 g/mol. The van der Waals surface area contributed by atoms with Gasteiger partial charge in [-0.25, -0.2) is 9.97 Å². The standard InChI is InChI=1S/C52H36N2/c1-52(40-19-9-4-10-20-40)47-24-14-13-23-44(47)45-30-29-39(33-48(45)52)41-31-32-46(43-22-12-11-21-42(41)43)50-34-49(37-17-7-3-8-18-37)53-51(54-50)38-27-25-36(26-28-38)35-15-5-2-6-16-35/h2-34H,1H3. The maximum Gasteiger partial charge on any atom is 0.160 e. The second-order valence-electron chi connectivity index (χ2n) is 14.3. The van der Waals surface area contributed by atoms with Gasteiger partial charge in [0, 0.05) is 22.1 Å². The van der Waals surface area contributed by atoms with Crippen LogP contribution in [-0.4, -0.2) is 9.97 Å². The number of benzene rings is 8. The second kappa shape index (κ2) is 12.9. The molecule has 1 aliphatic carbocycles. The number of hydrogen-bond donors (Lipinski definition) is 0. The minimum Gasteiger partial charge on any atom is -0.228 e. The van der Waals surface area contributed by atoms with Gasteiger partial charge in [0.1, 0.15) is 0 Å². The molecule has 0 saturated carbocycles. The molecule has 2 heteroatoms. The molecule has 0 saturated heterocycles. The summed E-state index contributed by atoms with van der Waals surface area (Å²) < 4.78 is 0. The molecule has 1 atom stereocenters. The Morgan fingerprint density at radius 2 is 0.833 bits per heavy atom. The molecule has 0 aliphatic heterocycles. The molecule has 0 bridgehead atoms. The summed E-state index contributed by atoms with van der Waals surface area (Å²) in [5.74, 6) is 0.706. The number of nitrogens with zero attached hydrogens (tertiary/aromatic N) is 2. The molecular formula is C52H36N2. The highest BCUT2D eigenvalue weighted by molar-refractivity contribution is 6.05. The maximum atomic E-state index is 5.27. The van der Waals surface area contributed by atoms with Gasteiger partial charge in [-0.05, 0) is 79.9 Å². The molecule has 0 spiro atoms. The molecule has 254 valence electrons. The topological polar surface area (TPSA) is 25.8 Å². The number of hydrogen-bond acceptors (Lipinski definition) is 2. The molecule has 8 aromatic carbocycles. The van der Waals surface area contributed by atoms with Gasteiger partial charge in [0.25, 0.3) is 0 Å². The molecular weight excluding hydrogens is 653 g/mol. The van der Waals surface area contributed by atoms with Crippen molar-refractivity contribution >= 4 is 10.8 Å². The van der Waals surface area contributed by atoms with Crippen molar-refractivity contribution in [3.05, 3.63) is 217 Å². The summed E-state index contributed by atoms with van der Waals surface area (Å²) in [6, 6.07) is 71.7. The summed E-state index contributed by atoms with van der Waals surface area (Å²) in [6.07, 6.45) is 0. The molecule has 9 aromatic rings. The molecule has 0 N–H and O–H groups in total. The van der Waals surface area contributed by atoms with Crippen LogP contribution in [0.25, 0.3) is 78.1 Å². The molecule has 10 rings (SSSR count). The van der Waals surface area contributed by atoms with Crippen LogP contribution in [0.15, 0.2) is 200 Å². The second-order valence-corrected chi connectivity index (χ2v) is 14.3. The minimum atomic E-state index is -0.260. The van der Waals surface area contributed by atoms with Crippen LogP contribution < -0.4 is 0 Å². The Morgan fingerprint density at radius 1 is 0.333 bits per heavy atom. The molecule has 54 heavy (non-hydrogen) atoms. The minimum absolute atomic E-state index is 0.260. The Balaban J connectivity index is 1.11. The van der Waals surface area contributed by atoms with Crippen molar-refractivity contribution in [2.45, 2.75) is 12.3 Å². The van der Waals surface area contributed by atoms with Crippen LogP contribution in [0, 0.1) is 0 Å². The Bertz CT molecular complexity index is 2810. The van der Waals surface area contributed by atoms with Crippen molar-refractivity contribution in [1.29, 1.82) is 0 Å². The first-order valence-electron chi connectivity index (χ1n) is 18.6. The quantitative estimate of drug-likeness (QED) is 0.174. The monoisotopic (exact) mass is 688 g/mol. The lowest BCUT2D eigenvalue weighted by molar-refractivity contribution is 0.714. The van der Waals surface area contributed by atoms with Crippen molar-refractivity contribution in [3.8, 4) is 67.3 Å². The van der Waals surface area contributed by atoms with E-state index < -0.39 is 0 Å². The molecule has 0 fully saturated rings. The zero-order valence-electron chi connectivity index (χ0n) is 29.9. The van der Waals surface area contributed by atoms with Crippen LogP contribution >= 0.6 is 0 Å². The van der Waals surface area contributed by atoms with Gasteiger partial charge in [-0.3, -0.25) is 0 Å². The van der Waals surface area contributed by atoms with E-state index >= 15 is 0 Å². The molecule has 1 unspecified atom stereocenters. The van der Waals surface area contributed by atoms with Crippen LogP contribution in [0.4, 0.5) is 0 Å². The zero-order valence-corrected chi connectivity index (χ0v) is 29.9. The van der Waals surface area contributed by atoms with Crippen molar-refractivity contribution in [2.24, 2.45) is 0 Å². The van der Waals surface area contributed by atoms with E-state index in [0.717, 1.165) is 33.5 Å². The van der Waals surface area contributed by atoms with Crippen LogP contribution in [-0.2, 0) is 5.41 Å². The Labute approximate surface area is 316 Å². The van der Waals surface area contributed by atoms with Crippen LogP contribution in [0.5, 0.6) is 0 Å². The average Bonchev–Trinajstić information content (AvgIpc) is 3.52.